The molecular formula is C21H24FN3O3S. The summed E-state index contributed by atoms with van der Waals surface area (Å²) in [5.74, 6) is -1.49. The largest absolute Gasteiger partial charge is 0.325 e. The van der Waals surface area contributed by atoms with Gasteiger partial charge in [-0.05, 0) is 47.4 Å². The summed E-state index contributed by atoms with van der Waals surface area (Å²) in [6.45, 7) is 6.25. The van der Waals surface area contributed by atoms with Gasteiger partial charge in [-0.1, -0.05) is 32.9 Å². The summed E-state index contributed by atoms with van der Waals surface area (Å²) in [6.07, 6.45) is 0. The van der Waals surface area contributed by atoms with Crippen molar-refractivity contribution in [3.8, 4) is 0 Å². The number of hydrogen-bond donors (Lipinski definition) is 3. The lowest BCUT2D eigenvalue weighted by atomic mass is 9.87. The third-order valence-corrected chi connectivity index (χ3v) is 4.86. The van der Waals surface area contributed by atoms with E-state index in [2.05, 4.69) is 36.9 Å². The van der Waals surface area contributed by atoms with Crippen molar-refractivity contribution in [1.29, 1.82) is 0 Å². The van der Waals surface area contributed by atoms with E-state index < -0.39 is 11.8 Å². The Morgan fingerprint density at radius 3 is 2.03 bits per heavy atom. The Hall–Kier alpha value is -2.87. The van der Waals surface area contributed by atoms with Gasteiger partial charge in [0.1, 0.15) is 5.82 Å². The van der Waals surface area contributed by atoms with Crippen molar-refractivity contribution in [1.82, 2.24) is 10.9 Å². The molecule has 8 heteroatoms. The summed E-state index contributed by atoms with van der Waals surface area (Å²) in [6, 6.07) is 12.6. The average molecular weight is 418 g/mol. The summed E-state index contributed by atoms with van der Waals surface area (Å²) in [5, 5.41) is 2.60. The van der Waals surface area contributed by atoms with Crippen molar-refractivity contribution in [3.05, 3.63) is 65.5 Å². The zero-order chi connectivity index (χ0) is 21.4. The van der Waals surface area contributed by atoms with E-state index in [0.717, 1.165) is 17.3 Å². The maximum absolute atomic E-state index is 12.8. The molecule has 0 unspecified atom stereocenters. The lowest BCUT2D eigenvalue weighted by Gasteiger charge is -2.19. The molecule has 0 saturated carbocycles. The molecule has 2 aromatic carbocycles. The monoisotopic (exact) mass is 417 g/mol. The number of carbonyl (C=O) groups is 3. The second kappa shape index (κ2) is 10.1. The van der Waals surface area contributed by atoms with Crippen molar-refractivity contribution >= 4 is 35.2 Å². The number of hydrogen-bond acceptors (Lipinski definition) is 4. The molecule has 0 bridgehead atoms. The molecule has 29 heavy (non-hydrogen) atoms. The van der Waals surface area contributed by atoms with Crippen molar-refractivity contribution in [2.24, 2.45) is 0 Å². The summed E-state index contributed by atoms with van der Waals surface area (Å²) in [7, 11) is 0. The van der Waals surface area contributed by atoms with Gasteiger partial charge >= 0.3 is 0 Å². The maximum Gasteiger partial charge on any atom is 0.269 e. The number of halogens is 1. The number of rotatable bonds is 6. The number of thioether (sulfide) groups is 1. The Labute approximate surface area is 173 Å². The Morgan fingerprint density at radius 2 is 1.45 bits per heavy atom. The van der Waals surface area contributed by atoms with Crippen molar-refractivity contribution in [2.45, 2.75) is 26.2 Å². The van der Waals surface area contributed by atoms with Gasteiger partial charge in [-0.25, -0.2) is 4.39 Å². The molecule has 0 radical (unpaired) electrons. The number of hydrazine groups is 1. The minimum absolute atomic E-state index is 0.0000792. The third-order valence-electron chi connectivity index (χ3n) is 3.92. The normalized spacial score (nSPS) is 10.9. The standard InChI is InChI=1S/C21H24FN3O3S/c1-21(2,3)15-6-4-14(5-7-15)20(28)25-24-19(27)13-29-12-18(26)23-17-10-8-16(22)9-11-17/h4-11H,12-13H2,1-3H3,(H,23,26)(H,24,27)(H,25,28). The van der Waals surface area contributed by atoms with Gasteiger partial charge in [-0.2, -0.15) is 0 Å². The molecule has 3 amide bonds. The molecule has 0 aliphatic carbocycles. The van der Waals surface area contributed by atoms with E-state index in [0.29, 0.717) is 11.3 Å². The molecule has 3 N–H and O–H groups in total. The minimum atomic E-state index is -0.427. The topological polar surface area (TPSA) is 87.3 Å². The zero-order valence-corrected chi connectivity index (χ0v) is 17.4. The average Bonchev–Trinajstić information content (AvgIpc) is 2.67. The van der Waals surface area contributed by atoms with E-state index in [1.807, 2.05) is 12.1 Å². The lowest BCUT2D eigenvalue weighted by molar-refractivity contribution is -0.119. The van der Waals surface area contributed by atoms with Crippen LogP contribution >= 0.6 is 11.8 Å². The van der Waals surface area contributed by atoms with Crippen LogP contribution in [-0.2, 0) is 15.0 Å². The van der Waals surface area contributed by atoms with Crippen LogP contribution in [-0.4, -0.2) is 29.2 Å². The molecule has 6 nitrogen and oxygen atoms in total. The van der Waals surface area contributed by atoms with Gasteiger partial charge in [0, 0.05) is 11.3 Å². The molecular weight excluding hydrogens is 393 g/mol. The predicted octanol–water partition coefficient (Wildman–Crippen LogP) is 3.26. The number of amides is 3. The van der Waals surface area contributed by atoms with Crippen LogP contribution in [0.2, 0.25) is 0 Å². The van der Waals surface area contributed by atoms with Crippen LogP contribution < -0.4 is 16.2 Å². The highest BCUT2D eigenvalue weighted by Crippen LogP contribution is 2.22. The predicted molar refractivity (Wildman–Crippen MR) is 113 cm³/mol. The molecule has 0 atom stereocenters. The first-order valence-corrected chi connectivity index (χ1v) is 10.1. The number of carbonyl (C=O) groups excluding carboxylic acids is 3. The van der Waals surface area contributed by atoms with E-state index in [9.17, 15) is 18.8 Å². The van der Waals surface area contributed by atoms with Gasteiger partial charge in [-0.15, -0.1) is 11.8 Å². The minimum Gasteiger partial charge on any atom is -0.325 e. The fourth-order valence-electron chi connectivity index (χ4n) is 2.32. The number of benzene rings is 2. The second-order valence-corrected chi connectivity index (χ2v) is 8.36. The molecule has 0 spiro atoms. The van der Waals surface area contributed by atoms with E-state index >= 15 is 0 Å². The first-order chi connectivity index (χ1) is 13.6. The second-order valence-electron chi connectivity index (χ2n) is 7.38. The fourth-order valence-corrected chi connectivity index (χ4v) is 2.94. The Balaban J connectivity index is 1.69. The van der Waals surface area contributed by atoms with Gasteiger partial charge in [0.05, 0.1) is 11.5 Å². The van der Waals surface area contributed by atoms with Gasteiger partial charge in [0.15, 0.2) is 0 Å². The SMILES string of the molecule is CC(C)(C)c1ccc(C(=O)NNC(=O)CSCC(=O)Nc2ccc(F)cc2)cc1. The molecule has 0 aliphatic heterocycles. The molecule has 2 aromatic rings. The van der Waals surface area contributed by atoms with Gasteiger partial charge in [-0.3, -0.25) is 25.2 Å². The van der Waals surface area contributed by atoms with Gasteiger partial charge < -0.3 is 5.32 Å². The Bertz CT molecular complexity index is 862. The van der Waals surface area contributed by atoms with Crippen LogP contribution in [0.25, 0.3) is 0 Å². The highest BCUT2D eigenvalue weighted by molar-refractivity contribution is 8.00. The summed E-state index contributed by atoms with van der Waals surface area (Å²) in [4.78, 5) is 35.7. The van der Waals surface area contributed by atoms with Crippen molar-refractivity contribution in [2.75, 3.05) is 16.8 Å². The smallest absolute Gasteiger partial charge is 0.269 e. The van der Waals surface area contributed by atoms with Gasteiger partial charge in [0.25, 0.3) is 5.91 Å². The molecule has 154 valence electrons. The van der Waals surface area contributed by atoms with Gasteiger partial charge in [0.2, 0.25) is 11.8 Å². The van der Waals surface area contributed by atoms with Crippen molar-refractivity contribution < 1.29 is 18.8 Å². The molecule has 2 rings (SSSR count). The maximum atomic E-state index is 12.8. The highest BCUT2D eigenvalue weighted by atomic mass is 32.2. The summed E-state index contributed by atoms with van der Waals surface area (Å²) in [5.41, 5.74) is 6.68. The summed E-state index contributed by atoms with van der Waals surface area (Å²) >= 11 is 1.09. The van der Waals surface area contributed by atoms with E-state index in [4.69, 9.17) is 0 Å². The quantitative estimate of drug-likeness (QED) is 0.630. The van der Waals surface area contributed by atoms with Crippen LogP contribution in [0.4, 0.5) is 10.1 Å². The van der Waals surface area contributed by atoms with Crippen molar-refractivity contribution in [3.63, 3.8) is 0 Å². The van der Waals surface area contributed by atoms with Crippen LogP contribution in [0.1, 0.15) is 36.7 Å². The number of nitrogens with one attached hydrogen (secondary N) is 3. The molecule has 0 aliphatic rings. The van der Waals surface area contributed by atoms with E-state index in [-0.39, 0.29) is 28.6 Å². The molecule has 0 fully saturated rings. The molecule has 0 aromatic heterocycles. The molecule has 0 saturated heterocycles. The van der Waals surface area contributed by atoms with E-state index in [1.165, 1.54) is 24.3 Å². The summed E-state index contributed by atoms with van der Waals surface area (Å²) < 4.78 is 12.8. The highest BCUT2D eigenvalue weighted by Gasteiger charge is 2.14. The third kappa shape index (κ3) is 7.57. The van der Waals surface area contributed by atoms with E-state index in [1.54, 1.807) is 12.1 Å². The first kappa shape index (κ1) is 22.4. The lowest BCUT2D eigenvalue weighted by Crippen LogP contribution is -2.42. The van der Waals surface area contributed by atoms with Crippen LogP contribution in [0.5, 0.6) is 0 Å². The first-order valence-electron chi connectivity index (χ1n) is 8.98. The van der Waals surface area contributed by atoms with Crippen LogP contribution in [0.15, 0.2) is 48.5 Å². The fraction of sp³-hybridized carbons (Fsp3) is 0.286. The van der Waals surface area contributed by atoms with Crippen LogP contribution in [0, 0.1) is 5.82 Å². The Kier molecular flexibility index (Phi) is 7.78. The van der Waals surface area contributed by atoms with Crippen LogP contribution in [0.3, 0.4) is 0 Å². The number of anilines is 1. The zero-order valence-electron chi connectivity index (χ0n) is 16.5. The molecule has 0 heterocycles. The Morgan fingerprint density at radius 1 is 0.862 bits per heavy atom.